The number of pyridine rings is 2. The molecule has 2 aliphatic heterocycles. The van der Waals surface area contributed by atoms with Crippen LogP contribution in [0.1, 0.15) is 54.2 Å². The molecule has 7 aromatic rings. The van der Waals surface area contributed by atoms with Crippen LogP contribution in [-0.4, -0.2) is 162 Å². The van der Waals surface area contributed by atoms with E-state index in [0.29, 0.717) is 17.0 Å². The van der Waals surface area contributed by atoms with Gasteiger partial charge in [0.25, 0.3) is 35.2 Å². The van der Waals surface area contributed by atoms with Crippen molar-refractivity contribution in [1.82, 2.24) is 54.3 Å². The summed E-state index contributed by atoms with van der Waals surface area (Å²) in [4.78, 5) is 115. The number of aromatic nitrogens is 7. The van der Waals surface area contributed by atoms with Gasteiger partial charge in [-0.25, -0.2) is 29.6 Å². The molecule has 4 amide bonds. The van der Waals surface area contributed by atoms with E-state index >= 15 is 0 Å². The van der Waals surface area contributed by atoms with Crippen LogP contribution in [-0.2, 0) is 9.59 Å². The van der Waals surface area contributed by atoms with Crippen LogP contribution in [0, 0.1) is 6.92 Å². The zero-order valence-corrected chi connectivity index (χ0v) is 37.2. The molecule has 7 heterocycles. The summed E-state index contributed by atoms with van der Waals surface area (Å²) in [5.41, 5.74) is 7.15. The van der Waals surface area contributed by atoms with Gasteiger partial charge < -0.3 is 44.6 Å². The first-order valence-electron chi connectivity index (χ1n) is 21.7. The number of fused-ring (bicyclic) bond motifs is 2. The number of hydrogen-bond acceptors (Lipinski definition) is 13. The third-order valence-electron chi connectivity index (χ3n) is 11.6. The highest BCUT2D eigenvalue weighted by Gasteiger charge is 2.34. The Bertz CT molecular complexity index is 3180. The zero-order chi connectivity index (χ0) is 48.2. The number of rotatable bonds is 13. The average molecular weight is 930 g/mol. The Balaban J connectivity index is 0.963. The highest BCUT2D eigenvalue weighted by molar-refractivity contribution is 6.46. The minimum atomic E-state index is -0.860. The predicted molar refractivity (Wildman–Crippen MR) is 251 cm³/mol. The largest absolute Gasteiger partial charge is 0.658 e. The molecule has 2 fully saturated rings. The summed E-state index contributed by atoms with van der Waals surface area (Å²) in [5, 5.41) is 4.67. The van der Waals surface area contributed by atoms with Crippen LogP contribution < -0.4 is 15.0 Å². The molecule has 2 saturated heterocycles. The summed E-state index contributed by atoms with van der Waals surface area (Å²) >= 11 is 0. The number of aliphatic imine (C=N–C) groups is 2. The number of aryl methyl sites for hydroxylation is 1. The number of amides is 4. The SMILES string of the molecule is CC(N)=NC=Nc1ncc(O[B]Oc2cnc(-n3cnc(C)n3)c3[nH]cc(C(=O)C(=O)N4CCN(C(=O)c5ccccc5)CC4)c23)c2c(C(=O)C(=O)N3CCN(C(=O)c4ccccc4)CC3)c[nH]c12. The molecule has 0 spiro atoms. The van der Waals surface area contributed by atoms with Gasteiger partial charge in [0.05, 0.1) is 51.2 Å². The third-order valence-corrected chi connectivity index (χ3v) is 11.6. The van der Waals surface area contributed by atoms with Gasteiger partial charge in [-0.05, 0) is 38.1 Å². The molecular formula is C46H42BN14O8. The summed E-state index contributed by atoms with van der Waals surface area (Å²) in [6, 6.07) is 17.6. The number of aromatic amines is 2. The highest BCUT2D eigenvalue weighted by atomic mass is 16.6. The maximum absolute atomic E-state index is 14.1. The van der Waals surface area contributed by atoms with Crippen molar-refractivity contribution in [3.8, 4) is 17.3 Å². The van der Waals surface area contributed by atoms with Crippen LogP contribution in [0.5, 0.6) is 11.5 Å². The minimum absolute atomic E-state index is 0.00728. The number of nitrogens with zero attached hydrogens (tertiary/aromatic N) is 11. The maximum atomic E-state index is 14.1. The Morgan fingerprint density at radius 3 is 1.64 bits per heavy atom. The van der Waals surface area contributed by atoms with E-state index < -0.39 is 23.4 Å². The lowest BCUT2D eigenvalue weighted by Gasteiger charge is -2.34. The van der Waals surface area contributed by atoms with Crippen molar-refractivity contribution in [2.24, 2.45) is 15.7 Å². The molecule has 347 valence electrons. The molecule has 0 aliphatic carbocycles. The topological polar surface area (TPSA) is 273 Å². The molecule has 0 atom stereocenters. The van der Waals surface area contributed by atoms with E-state index in [2.05, 4.69) is 40.0 Å². The van der Waals surface area contributed by atoms with Crippen molar-refractivity contribution in [2.45, 2.75) is 13.8 Å². The van der Waals surface area contributed by atoms with Gasteiger partial charge >= 0.3 is 7.69 Å². The van der Waals surface area contributed by atoms with E-state index in [4.69, 9.17) is 15.0 Å². The number of amidine groups is 1. The summed E-state index contributed by atoms with van der Waals surface area (Å²) in [7, 11) is 0.926. The van der Waals surface area contributed by atoms with Crippen LogP contribution in [0.15, 0.2) is 102 Å². The van der Waals surface area contributed by atoms with Crippen molar-refractivity contribution >= 4 is 82.7 Å². The van der Waals surface area contributed by atoms with Crippen molar-refractivity contribution in [3.63, 3.8) is 0 Å². The lowest BCUT2D eigenvalue weighted by molar-refractivity contribution is -0.128. The Hall–Kier alpha value is -9.02. The van der Waals surface area contributed by atoms with E-state index in [1.807, 2.05) is 12.1 Å². The van der Waals surface area contributed by atoms with E-state index in [0.717, 1.165) is 7.69 Å². The van der Waals surface area contributed by atoms with Gasteiger partial charge in [0.15, 0.2) is 11.6 Å². The lowest BCUT2D eigenvalue weighted by Crippen LogP contribution is -2.52. The normalized spacial score (nSPS) is 14.4. The maximum Gasteiger partial charge on any atom is 0.658 e. The number of piperazine rings is 2. The number of hydrogen-bond donors (Lipinski definition) is 3. The van der Waals surface area contributed by atoms with Gasteiger partial charge in [-0.1, -0.05) is 36.4 Å². The first kappa shape index (κ1) is 45.2. The number of benzene rings is 2. The van der Waals surface area contributed by atoms with Gasteiger partial charge in [0.1, 0.15) is 30.0 Å². The Morgan fingerprint density at radius 1 is 0.667 bits per heavy atom. The number of nitrogens with one attached hydrogen (secondary N) is 2. The number of H-pyrrole nitrogens is 2. The fourth-order valence-electron chi connectivity index (χ4n) is 8.04. The van der Waals surface area contributed by atoms with Gasteiger partial charge in [-0.2, -0.15) is 5.10 Å². The summed E-state index contributed by atoms with van der Waals surface area (Å²) in [6.07, 6.45) is 7.95. The number of carbonyl (C=O) groups is 6. The van der Waals surface area contributed by atoms with Crippen LogP contribution in [0.2, 0.25) is 0 Å². The first-order chi connectivity index (χ1) is 33.5. The summed E-state index contributed by atoms with van der Waals surface area (Å²) in [5.74, 6) is -2.62. The standard InChI is InChI=1S/C46H42BN14O8/c1-27(48)53-25-54-41-37-35(31(21-49-37)39(62)45(66)59-17-13-57(14-18-59)43(64)29-9-5-3-6-10-29)33(23-51-41)68-47-69-34-24-52-42(61-26-55-28(2)56-61)38-36(34)32(22-50-38)40(63)46(67)60-19-15-58(16-20-60)44(65)30-11-7-4-8-12-30/h3-12,21-26,49-50H,13-20H2,1-2H3,(H2,48,51,53,54). The van der Waals surface area contributed by atoms with E-state index in [1.165, 1.54) is 51.9 Å². The molecule has 4 N–H and O–H groups in total. The molecule has 1 radical (unpaired) electrons. The van der Waals surface area contributed by atoms with Crippen molar-refractivity contribution in [1.29, 1.82) is 0 Å². The second-order valence-electron chi connectivity index (χ2n) is 15.9. The Kier molecular flexibility index (Phi) is 12.7. The van der Waals surface area contributed by atoms with Gasteiger partial charge in [-0.3, -0.25) is 28.8 Å². The number of carbonyl (C=O) groups excluding carboxylic acids is 6. The predicted octanol–water partition coefficient (Wildman–Crippen LogP) is 2.69. The second kappa shape index (κ2) is 19.4. The average Bonchev–Trinajstić information content (AvgIpc) is 4.16. The molecular weight excluding hydrogens is 887 g/mol. The Labute approximate surface area is 393 Å². The molecule has 0 unspecified atom stereocenters. The molecule has 22 nitrogen and oxygen atoms in total. The lowest BCUT2D eigenvalue weighted by atomic mass is 10.1. The number of Topliss-reactive ketones (excluding diaryl/α,β-unsaturated/α-hetero) is 2. The van der Waals surface area contributed by atoms with Crippen LogP contribution in [0.3, 0.4) is 0 Å². The van der Waals surface area contributed by atoms with Gasteiger partial charge in [0, 0.05) is 75.9 Å². The minimum Gasteiger partial charge on any atom is -0.525 e. The molecule has 2 aliphatic rings. The third kappa shape index (κ3) is 9.24. The fourth-order valence-corrected chi connectivity index (χ4v) is 8.04. The summed E-state index contributed by atoms with van der Waals surface area (Å²) in [6.45, 7) is 4.71. The van der Waals surface area contributed by atoms with E-state index in [9.17, 15) is 28.8 Å². The van der Waals surface area contributed by atoms with Crippen molar-refractivity contribution in [3.05, 3.63) is 120 Å². The summed E-state index contributed by atoms with van der Waals surface area (Å²) < 4.78 is 13.5. The molecule has 23 heteroatoms. The van der Waals surface area contributed by atoms with Gasteiger partial charge in [-0.15, -0.1) is 0 Å². The number of nitrogens with two attached hydrogens (primary N) is 1. The van der Waals surface area contributed by atoms with Crippen molar-refractivity contribution < 1.29 is 38.1 Å². The van der Waals surface area contributed by atoms with Crippen LogP contribution in [0.4, 0.5) is 5.82 Å². The van der Waals surface area contributed by atoms with E-state index in [-0.39, 0.29) is 126 Å². The molecule has 2 aromatic carbocycles. The van der Waals surface area contributed by atoms with Gasteiger partial charge in [0.2, 0.25) is 0 Å². The van der Waals surface area contributed by atoms with Crippen molar-refractivity contribution in [2.75, 3.05) is 52.4 Å². The molecule has 5 aromatic heterocycles. The highest BCUT2D eigenvalue weighted by Crippen LogP contribution is 2.36. The van der Waals surface area contributed by atoms with E-state index in [1.54, 1.807) is 72.2 Å². The van der Waals surface area contributed by atoms with Crippen LogP contribution in [0.25, 0.3) is 27.6 Å². The monoisotopic (exact) mass is 929 g/mol. The zero-order valence-electron chi connectivity index (χ0n) is 37.2. The van der Waals surface area contributed by atoms with Crippen LogP contribution >= 0.6 is 0 Å². The molecule has 0 bridgehead atoms. The molecule has 0 saturated carbocycles. The first-order valence-corrected chi connectivity index (χ1v) is 21.7. The Morgan fingerprint density at radius 2 is 1.14 bits per heavy atom. The smallest absolute Gasteiger partial charge is 0.525 e. The fraction of sp³-hybridized carbons (Fsp3) is 0.217. The number of ketones is 2. The molecule has 9 rings (SSSR count). The quantitative estimate of drug-likeness (QED) is 0.0494. The molecule has 69 heavy (non-hydrogen) atoms. The second-order valence-corrected chi connectivity index (χ2v) is 15.9.